The predicted molar refractivity (Wildman–Crippen MR) is 73.7 cm³/mol. The fourth-order valence-electron chi connectivity index (χ4n) is 2.35. The van der Waals surface area contributed by atoms with E-state index in [0.29, 0.717) is 6.04 Å². The summed E-state index contributed by atoms with van der Waals surface area (Å²) in [4.78, 5) is 16.3. The van der Waals surface area contributed by atoms with Crippen LogP contribution in [0.1, 0.15) is 47.0 Å². The largest absolute Gasteiger partial charge is 0.444 e. The third-order valence-electron chi connectivity index (χ3n) is 3.55. The molecule has 1 rings (SSSR count). The van der Waals surface area contributed by atoms with Gasteiger partial charge in [-0.2, -0.15) is 0 Å². The molecule has 1 heterocycles. The molecule has 106 valence electrons. The molecule has 1 aliphatic heterocycles. The molecule has 0 spiro atoms. The molecule has 1 saturated heterocycles. The van der Waals surface area contributed by atoms with E-state index in [9.17, 15) is 4.79 Å². The van der Waals surface area contributed by atoms with Crippen molar-refractivity contribution in [3.63, 3.8) is 0 Å². The molecule has 18 heavy (non-hydrogen) atoms. The number of hydrogen-bond donors (Lipinski definition) is 0. The first-order chi connectivity index (χ1) is 8.22. The van der Waals surface area contributed by atoms with Crippen molar-refractivity contribution in [2.24, 2.45) is 0 Å². The van der Waals surface area contributed by atoms with Crippen LogP contribution in [0.2, 0.25) is 0 Å². The van der Waals surface area contributed by atoms with Crippen molar-refractivity contribution in [2.45, 2.75) is 64.6 Å². The Balaban J connectivity index is 2.73. The van der Waals surface area contributed by atoms with Crippen molar-refractivity contribution in [1.82, 2.24) is 9.80 Å². The van der Waals surface area contributed by atoms with Gasteiger partial charge in [-0.1, -0.05) is 0 Å². The first-order valence-electron chi connectivity index (χ1n) is 6.88. The van der Waals surface area contributed by atoms with Gasteiger partial charge in [0.1, 0.15) is 5.60 Å². The van der Waals surface area contributed by atoms with E-state index in [1.807, 2.05) is 25.7 Å². The van der Waals surface area contributed by atoms with Gasteiger partial charge < -0.3 is 14.5 Å². The second kappa shape index (κ2) is 5.91. The highest BCUT2D eigenvalue weighted by atomic mass is 16.6. The van der Waals surface area contributed by atoms with E-state index in [1.165, 1.54) is 6.42 Å². The van der Waals surface area contributed by atoms with Gasteiger partial charge >= 0.3 is 6.09 Å². The lowest BCUT2D eigenvalue weighted by Gasteiger charge is -2.41. The van der Waals surface area contributed by atoms with Crippen LogP contribution in [-0.4, -0.2) is 54.2 Å². The van der Waals surface area contributed by atoms with Gasteiger partial charge in [-0.25, -0.2) is 4.79 Å². The fourth-order valence-corrected chi connectivity index (χ4v) is 2.35. The van der Waals surface area contributed by atoms with Crippen molar-refractivity contribution in [2.75, 3.05) is 20.6 Å². The lowest BCUT2D eigenvalue weighted by molar-refractivity contribution is -0.000424. The Morgan fingerprint density at radius 3 is 2.44 bits per heavy atom. The molecule has 0 aliphatic carbocycles. The molecule has 0 unspecified atom stereocenters. The van der Waals surface area contributed by atoms with E-state index >= 15 is 0 Å². The molecular formula is C14H28N2O2. The van der Waals surface area contributed by atoms with E-state index in [4.69, 9.17) is 4.74 Å². The van der Waals surface area contributed by atoms with Crippen LogP contribution in [0.5, 0.6) is 0 Å². The topological polar surface area (TPSA) is 32.8 Å². The third-order valence-corrected chi connectivity index (χ3v) is 3.55. The number of piperidine rings is 1. The van der Waals surface area contributed by atoms with Crippen molar-refractivity contribution in [3.05, 3.63) is 0 Å². The summed E-state index contributed by atoms with van der Waals surface area (Å²) in [5.74, 6) is 0. The lowest BCUT2D eigenvalue weighted by atomic mass is 9.96. The summed E-state index contributed by atoms with van der Waals surface area (Å²) in [5, 5.41) is 0. The molecular weight excluding hydrogens is 228 g/mol. The molecule has 1 aliphatic rings. The van der Waals surface area contributed by atoms with Gasteiger partial charge in [0.15, 0.2) is 0 Å². The van der Waals surface area contributed by atoms with E-state index in [0.717, 1.165) is 19.4 Å². The first kappa shape index (κ1) is 15.3. The summed E-state index contributed by atoms with van der Waals surface area (Å²) >= 11 is 0. The Morgan fingerprint density at radius 1 is 1.33 bits per heavy atom. The molecule has 0 aromatic rings. The van der Waals surface area contributed by atoms with Crippen LogP contribution in [0.4, 0.5) is 4.79 Å². The molecule has 2 atom stereocenters. The van der Waals surface area contributed by atoms with E-state index in [-0.39, 0.29) is 12.1 Å². The first-order valence-corrected chi connectivity index (χ1v) is 6.88. The average molecular weight is 256 g/mol. The van der Waals surface area contributed by atoms with Crippen molar-refractivity contribution in [1.29, 1.82) is 0 Å². The summed E-state index contributed by atoms with van der Waals surface area (Å²) in [5.41, 5.74) is -0.416. The standard InChI is InChI=1S/C14H28N2O2/c1-11(15(5)6)12-9-7-8-10-16(12)13(17)18-14(2,3)4/h11-12H,7-10H2,1-6H3/t11-,12-/m0/s1. The average Bonchev–Trinajstić information content (AvgIpc) is 2.25. The molecule has 0 aromatic heterocycles. The van der Waals surface area contributed by atoms with Crippen molar-refractivity contribution >= 4 is 6.09 Å². The Hall–Kier alpha value is -0.770. The predicted octanol–water partition coefficient (Wildman–Crippen LogP) is 2.73. The number of ether oxygens (including phenoxy) is 1. The highest BCUT2D eigenvalue weighted by Crippen LogP contribution is 2.24. The number of likely N-dealkylation sites (tertiary alicyclic amines) is 1. The second-order valence-corrected chi connectivity index (χ2v) is 6.44. The fraction of sp³-hybridized carbons (Fsp3) is 0.929. The number of likely N-dealkylation sites (N-methyl/N-ethyl adjacent to an activating group) is 1. The zero-order valence-electron chi connectivity index (χ0n) is 12.7. The number of carbonyl (C=O) groups is 1. The minimum absolute atomic E-state index is 0.166. The van der Waals surface area contributed by atoms with Gasteiger partial charge in [0, 0.05) is 12.6 Å². The number of rotatable bonds is 2. The van der Waals surface area contributed by atoms with Crippen molar-refractivity contribution < 1.29 is 9.53 Å². The summed E-state index contributed by atoms with van der Waals surface area (Å²) in [7, 11) is 4.12. The minimum atomic E-state index is -0.416. The second-order valence-electron chi connectivity index (χ2n) is 6.44. The molecule has 4 heteroatoms. The highest BCUT2D eigenvalue weighted by Gasteiger charge is 2.34. The Bertz CT molecular complexity index is 284. The molecule has 1 amide bonds. The van der Waals surface area contributed by atoms with Crippen LogP contribution < -0.4 is 0 Å². The SMILES string of the molecule is C[C@@H]([C@@H]1CCCCN1C(=O)OC(C)(C)C)N(C)C. The quantitative estimate of drug-likeness (QED) is 0.761. The van der Waals surface area contributed by atoms with Gasteiger partial charge in [-0.05, 0) is 61.1 Å². The molecule has 0 saturated carbocycles. The molecule has 1 fully saturated rings. The number of hydrogen-bond acceptors (Lipinski definition) is 3. The molecule has 4 nitrogen and oxygen atoms in total. The third kappa shape index (κ3) is 4.16. The van der Waals surface area contributed by atoms with Crippen LogP contribution in [0.25, 0.3) is 0 Å². The van der Waals surface area contributed by atoms with E-state index < -0.39 is 5.60 Å². The molecule has 0 bridgehead atoms. The minimum Gasteiger partial charge on any atom is -0.444 e. The molecule has 0 N–H and O–H groups in total. The zero-order chi connectivity index (χ0) is 13.9. The maximum atomic E-state index is 12.2. The Labute approximate surface area is 111 Å². The Kier molecular flexibility index (Phi) is 5.02. The van der Waals surface area contributed by atoms with Gasteiger partial charge in [0.2, 0.25) is 0 Å². The normalized spacial score (nSPS) is 23.1. The summed E-state index contributed by atoms with van der Waals surface area (Å²) in [6.45, 7) is 8.74. The maximum Gasteiger partial charge on any atom is 0.410 e. The maximum absolute atomic E-state index is 12.2. The number of amides is 1. The van der Waals surface area contributed by atoms with Crippen LogP contribution >= 0.6 is 0 Å². The smallest absolute Gasteiger partial charge is 0.410 e. The van der Waals surface area contributed by atoms with Crippen LogP contribution in [0, 0.1) is 0 Å². The van der Waals surface area contributed by atoms with E-state index in [2.05, 4.69) is 25.9 Å². The van der Waals surface area contributed by atoms with Gasteiger partial charge in [-0.3, -0.25) is 0 Å². The summed E-state index contributed by atoms with van der Waals surface area (Å²) < 4.78 is 5.51. The van der Waals surface area contributed by atoms with Crippen molar-refractivity contribution in [3.8, 4) is 0 Å². The van der Waals surface area contributed by atoms with E-state index in [1.54, 1.807) is 0 Å². The zero-order valence-corrected chi connectivity index (χ0v) is 12.7. The Morgan fingerprint density at radius 2 is 1.94 bits per heavy atom. The van der Waals surface area contributed by atoms with Gasteiger partial charge in [0.25, 0.3) is 0 Å². The number of nitrogens with zero attached hydrogens (tertiary/aromatic N) is 2. The van der Waals surface area contributed by atoms with Crippen LogP contribution in [0.15, 0.2) is 0 Å². The molecule has 0 aromatic carbocycles. The lowest BCUT2D eigenvalue weighted by Crippen LogP contribution is -2.53. The number of carbonyl (C=O) groups excluding carboxylic acids is 1. The molecule has 0 radical (unpaired) electrons. The van der Waals surface area contributed by atoms with Gasteiger partial charge in [-0.15, -0.1) is 0 Å². The summed E-state index contributed by atoms with van der Waals surface area (Å²) in [6, 6.07) is 0.626. The summed E-state index contributed by atoms with van der Waals surface area (Å²) in [6.07, 6.45) is 3.18. The van der Waals surface area contributed by atoms with Gasteiger partial charge in [0.05, 0.1) is 6.04 Å². The monoisotopic (exact) mass is 256 g/mol. The van der Waals surface area contributed by atoms with Crippen LogP contribution in [0.3, 0.4) is 0 Å². The van der Waals surface area contributed by atoms with Crippen LogP contribution in [-0.2, 0) is 4.74 Å². The highest BCUT2D eigenvalue weighted by molar-refractivity contribution is 5.68.